The molecule has 4 nitrogen and oxygen atoms in total. The molecule has 0 bridgehead atoms. The van der Waals surface area contributed by atoms with E-state index in [2.05, 4.69) is 17.3 Å². The van der Waals surface area contributed by atoms with Crippen molar-refractivity contribution in [1.29, 1.82) is 0 Å². The lowest BCUT2D eigenvalue weighted by Gasteiger charge is -2.26. The molecule has 0 aliphatic carbocycles. The van der Waals surface area contributed by atoms with Crippen LogP contribution in [0.25, 0.3) is 0 Å². The maximum atomic E-state index is 5.93. The Labute approximate surface area is 122 Å². The van der Waals surface area contributed by atoms with Crippen LogP contribution in [-0.2, 0) is 4.84 Å². The highest BCUT2D eigenvalue weighted by Crippen LogP contribution is 2.43. The Morgan fingerprint density at radius 1 is 1.10 bits per heavy atom. The average Bonchev–Trinajstić information content (AvgIpc) is 2.99. The Bertz CT molecular complexity index is 696. The number of rotatable bonds is 2. The van der Waals surface area contributed by atoms with Gasteiger partial charge in [0.15, 0.2) is 17.6 Å². The van der Waals surface area contributed by atoms with Crippen molar-refractivity contribution >= 4 is 5.71 Å². The zero-order chi connectivity index (χ0) is 14.2. The molecule has 2 aliphatic heterocycles. The largest absolute Gasteiger partial charge is 0.493 e. The molecular formula is C17H15NO3. The second-order valence-corrected chi connectivity index (χ2v) is 5.17. The molecule has 4 rings (SSSR count). The molecule has 21 heavy (non-hydrogen) atoms. The molecule has 0 unspecified atom stereocenters. The molecule has 0 fully saturated rings. The van der Waals surface area contributed by atoms with E-state index in [9.17, 15) is 0 Å². The predicted molar refractivity (Wildman–Crippen MR) is 78.8 cm³/mol. The number of benzene rings is 2. The molecule has 2 atom stereocenters. The fourth-order valence-electron chi connectivity index (χ4n) is 2.95. The number of nitrogens with zero attached hydrogens (tertiary/aromatic N) is 1. The number of oxime groups is 1. The smallest absolute Gasteiger partial charge is 0.170 e. The van der Waals surface area contributed by atoms with Crippen LogP contribution in [0.5, 0.6) is 11.5 Å². The molecule has 0 aromatic heterocycles. The second kappa shape index (κ2) is 4.81. The van der Waals surface area contributed by atoms with E-state index in [0.29, 0.717) is 6.61 Å². The van der Waals surface area contributed by atoms with Gasteiger partial charge in [0.25, 0.3) is 0 Å². The van der Waals surface area contributed by atoms with Crippen molar-refractivity contribution < 1.29 is 14.3 Å². The van der Waals surface area contributed by atoms with Gasteiger partial charge < -0.3 is 14.3 Å². The summed E-state index contributed by atoms with van der Waals surface area (Å²) in [6, 6.07) is 16.0. The SMILES string of the molecule is COc1cccc2c1OC[C@H]1C2=NO[C@@H]1c1ccccc1. The van der Waals surface area contributed by atoms with Crippen molar-refractivity contribution in [3.63, 3.8) is 0 Å². The highest BCUT2D eigenvalue weighted by Gasteiger charge is 2.41. The maximum absolute atomic E-state index is 5.93. The molecule has 0 saturated heterocycles. The highest BCUT2D eigenvalue weighted by atomic mass is 16.6. The van der Waals surface area contributed by atoms with E-state index in [4.69, 9.17) is 14.3 Å². The minimum absolute atomic E-state index is 0.0828. The fourth-order valence-corrected chi connectivity index (χ4v) is 2.95. The van der Waals surface area contributed by atoms with Crippen molar-refractivity contribution in [1.82, 2.24) is 0 Å². The third-order valence-electron chi connectivity index (χ3n) is 3.99. The number of para-hydroxylation sites is 1. The first kappa shape index (κ1) is 12.3. The topological polar surface area (TPSA) is 40.0 Å². The molecule has 2 aromatic carbocycles. The van der Waals surface area contributed by atoms with Crippen molar-refractivity contribution in [3.05, 3.63) is 59.7 Å². The van der Waals surface area contributed by atoms with Gasteiger partial charge in [0.05, 0.1) is 13.0 Å². The van der Waals surface area contributed by atoms with Crippen LogP contribution < -0.4 is 9.47 Å². The molecule has 0 N–H and O–H groups in total. The van der Waals surface area contributed by atoms with Crippen LogP contribution in [0, 0.1) is 5.92 Å². The molecule has 2 aromatic rings. The molecule has 2 aliphatic rings. The van der Waals surface area contributed by atoms with Crippen LogP contribution in [0.4, 0.5) is 0 Å². The summed E-state index contributed by atoms with van der Waals surface area (Å²) in [7, 11) is 1.64. The summed E-state index contributed by atoms with van der Waals surface area (Å²) in [5.74, 6) is 1.61. The lowest BCUT2D eigenvalue weighted by Crippen LogP contribution is -2.29. The van der Waals surface area contributed by atoms with E-state index in [1.54, 1.807) is 7.11 Å². The molecule has 0 spiro atoms. The van der Waals surface area contributed by atoms with Crippen LogP contribution >= 0.6 is 0 Å². The summed E-state index contributed by atoms with van der Waals surface area (Å²) < 4.78 is 11.3. The third-order valence-corrected chi connectivity index (χ3v) is 3.99. The van der Waals surface area contributed by atoms with Crippen LogP contribution in [-0.4, -0.2) is 19.4 Å². The molecule has 0 amide bonds. The Morgan fingerprint density at radius 3 is 2.76 bits per heavy atom. The maximum Gasteiger partial charge on any atom is 0.170 e. The summed E-state index contributed by atoms with van der Waals surface area (Å²) in [6.07, 6.45) is -0.0828. The third kappa shape index (κ3) is 1.87. The zero-order valence-electron chi connectivity index (χ0n) is 11.7. The first-order valence-electron chi connectivity index (χ1n) is 6.97. The van der Waals surface area contributed by atoms with Crippen LogP contribution in [0.15, 0.2) is 53.7 Å². The number of methoxy groups -OCH3 is 1. The van der Waals surface area contributed by atoms with E-state index in [0.717, 1.165) is 28.3 Å². The van der Waals surface area contributed by atoms with E-state index in [1.165, 1.54) is 0 Å². The fraction of sp³-hybridized carbons (Fsp3) is 0.235. The second-order valence-electron chi connectivity index (χ2n) is 5.17. The normalized spacial score (nSPS) is 22.4. The first-order valence-corrected chi connectivity index (χ1v) is 6.97. The molecule has 0 saturated carbocycles. The van der Waals surface area contributed by atoms with Crippen LogP contribution in [0.3, 0.4) is 0 Å². The number of fused-ring (bicyclic) bond motifs is 3. The minimum Gasteiger partial charge on any atom is -0.493 e. The van der Waals surface area contributed by atoms with Gasteiger partial charge >= 0.3 is 0 Å². The van der Waals surface area contributed by atoms with Crippen molar-refractivity contribution in [2.75, 3.05) is 13.7 Å². The van der Waals surface area contributed by atoms with Gasteiger partial charge in [-0.1, -0.05) is 41.6 Å². The van der Waals surface area contributed by atoms with Crippen molar-refractivity contribution in [3.8, 4) is 11.5 Å². The van der Waals surface area contributed by atoms with E-state index >= 15 is 0 Å². The summed E-state index contributed by atoms with van der Waals surface area (Å²) in [4.78, 5) is 5.68. The average molecular weight is 281 g/mol. The van der Waals surface area contributed by atoms with E-state index in [-0.39, 0.29) is 12.0 Å². The summed E-state index contributed by atoms with van der Waals surface area (Å²) in [5.41, 5.74) is 3.03. The molecule has 2 heterocycles. The molecular weight excluding hydrogens is 266 g/mol. The van der Waals surface area contributed by atoms with Gasteiger partial charge in [-0.05, 0) is 17.7 Å². The predicted octanol–water partition coefficient (Wildman–Crippen LogP) is 3.18. The number of ether oxygens (including phenoxy) is 2. The van der Waals surface area contributed by atoms with Gasteiger partial charge in [-0.3, -0.25) is 0 Å². The number of hydrogen-bond acceptors (Lipinski definition) is 4. The Kier molecular flexibility index (Phi) is 2.81. The van der Waals surface area contributed by atoms with Gasteiger partial charge in [-0.25, -0.2) is 0 Å². The van der Waals surface area contributed by atoms with E-state index < -0.39 is 0 Å². The van der Waals surface area contributed by atoms with Crippen LogP contribution in [0.2, 0.25) is 0 Å². The lowest BCUT2D eigenvalue weighted by molar-refractivity contribution is 0.0479. The Balaban J connectivity index is 1.72. The van der Waals surface area contributed by atoms with Crippen molar-refractivity contribution in [2.45, 2.75) is 6.10 Å². The molecule has 106 valence electrons. The van der Waals surface area contributed by atoms with Gasteiger partial charge in [0.1, 0.15) is 12.3 Å². The summed E-state index contributed by atoms with van der Waals surface area (Å²) in [5, 5.41) is 4.31. The van der Waals surface area contributed by atoms with Gasteiger partial charge in [-0.15, -0.1) is 0 Å². The van der Waals surface area contributed by atoms with Gasteiger partial charge in [-0.2, -0.15) is 0 Å². The monoisotopic (exact) mass is 281 g/mol. The van der Waals surface area contributed by atoms with Crippen LogP contribution in [0.1, 0.15) is 17.2 Å². The summed E-state index contributed by atoms with van der Waals surface area (Å²) in [6.45, 7) is 0.547. The Morgan fingerprint density at radius 2 is 1.95 bits per heavy atom. The highest BCUT2D eigenvalue weighted by molar-refractivity contribution is 6.06. The summed E-state index contributed by atoms with van der Waals surface area (Å²) >= 11 is 0. The molecule has 0 radical (unpaired) electrons. The van der Waals surface area contributed by atoms with Gasteiger partial charge in [0, 0.05) is 5.56 Å². The van der Waals surface area contributed by atoms with Crippen molar-refractivity contribution in [2.24, 2.45) is 11.1 Å². The van der Waals surface area contributed by atoms with E-state index in [1.807, 2.05) is 36.4 Å². The quantitative estimate of drug-likeness (QED) is 0.848. The number of hydrogen-bond donors (Lipinski definition) is 0. The molecule has 4 heteroatoms. The standard InChI is InChI=1S/C17H15NO3/c1-19-14-9-5-8-12-15-13(10-20-17(12)14)16(21-18-15)11-6-3-2-4-7-11/h2-9,13,16H,10H2,1H3/t13-,16+/m0/s1. The minimum atomic E-state index is -0.0828. The van der Waals surface area contributed by atoms with Gasteiger partial charge in [0.2, 0.25) is 0 Å². The lowest BCUT2D eigenvalue weighted by atomic mass is 9.87. The first-order chi connectivity index (χ1) is 10.4. The zero-order valence-corrected chi connectivity index (χ0v) is 11.7. The Hall–Kier alpha value is -2.49.